The van der Waals surface area contributed by atoms with E-state index in [1.165, 1.54) is 17.4 Å². The van der Waals surface area contributed by atoms with Crippen molar-refractivity contribution in [3.63, 3.8) is 0 Å². The summed E-state index contributed by atoms with van der Waals surface area (Å²) in [5.41, 5.74) is 5.64. The minimum atomic E-state index is -3.95. The summed E-state index contributed by atoms with van der Waals surface area (Å²) >= 11 is 0. The highest BCUT2D eigenvalue weighted by Gasteiger charge is 2.26. The molecule has 0 radical (unpaired) electrons. The standard InChI is InChI=1S/C23H33N3O5S2/c1-32(28,29)14-5-13-26-12-4-8-19(26)11-15-33(30,31)25-23(27)24-22-20-9-2-6-17(20)16-18-7-3-10-21(18)22/h11,15-16,19H,2-10,12-14H2,1H3,(H2,24,25,27). The number of fused-ring (bicyclic) bond motifs is 2. The monoisotopic (exact) mass is 495 g/mol. The summed E-state index contributed by atoms with van der Waals surface area (Å²) in [5.74, 6) is 0.118. The van der Waals surface area contributed by atoms with Crippen LogP contribution in [-0.2, 0) is 45.5 Å². The molecule has 1 unspecified atom stereocenters. The van der Waals surface area contributed by atoms with Crippen LogP contribution in [0.4, 0.5) is 10.5 Å². The van der Waals surface area contributed by atoms with E-state index < -0.39 is 25.9 Å². The van der Waals surface area contributed by atoms with E-state index in [9.17, 15) is 21.6 Å². The Morgan fingerprint density at radius 1 is 1.06 bits per heavy atom. The second-order valence-electron chi connectivity index (χ2n) is 9.39. The van der Waals surface area contributed by atoms with Gasteiger partial charge in [0.25, 0.3) is 10.0 Å². The smallest absolute Gasteiger partial charge is 0.307 e. The number of carbonyl (C=O) groups is 1. The largest absolute Gasteiger partial charge is 0.333 e. The van der Waals surface area contributed by atoms with Crippen molar-refractivity contribution in [2.24, 2.45) is 0 Å². The summed E-state index contributed by atoms with van der Waals surface area (Å²) in [4.78, 5) is 14.7. The third kappa shape index (κ3) is 6.16. The van der Waals surface area contributed by atoms with Crippen molar-refractivity contribution in [3.8, 4) is 0 Å². The minimum Gasteiger partial charge on any atom is -0.307 e. The van der Waals surface area contributed by atoms with Crippen molar-refractivity contribution in [2.45, 2.75) is 63.8 Å². The van der Waals surface area contributed by atoms with Crippen molar-refractivity contribution in [1.82, 2.24) is 9.62 Å². The van der Waals surface area contributed by atoms with Gasteiger partial charge in [-0.3, -0.25) is 4.90 Å². The number of nitrogens with zero attached hydrogens (tertiary/aromatic N) is 1. The van der Waals surface area contributed by atoms with Crippen LogP contribution in [0, 0.1) is 0 Å². The molecule has 2 aliphatic carbocycles. The molecule has 1 aromatic carbocycles. The van der Waals surface area contributed by atoms with E-state index >= 15 is 0 Å². The molecule has 0 saturated carbocycles. The van der Waals surface area contributed by atoms with Gasteiger partial charge < -0.3 is 5.32 Å². The van der Waals surface area contributed by atoms with Crippen LogP contribution in [0.3, 0.4) is 0 Å². The van der Waals surface area contributed by atoms with Gasteiger partial charge in [0.05, 0.1) is 5.75 Å². The number of likely N-dealkylation sites (tertiary alicyclic amines) is 1. The van der Waals surface area contributed by atoms with Crippen molar-refractivity contribution in [2.75, 3.05) is 30.4 Å². The van der Waals surface area contributed by atoms with Crippen LogP contribution in [0.5, 0.6) is 0 Å². The molecule has 2 amide bonds. The van der Waals surface area contributed by atoms with Crippen LogP contribution in [0.1, 0.15) is 54.4 Å². The summed E-state index contributed by atoms with van der Waals surface area (Å²) < 4.78 is 49.9. The molecule has 2 N–H and O–H groups in total. The number of hydrogen-bond acceptors (Lipinski definition) is 6. The number of amides is 2. The number of hydrogen-bond donors (Lipinski definition) is 2. The SMILES string of the molecule is CS(=O)(=O)CCCN1CCCC1C=CS(=O)(=O)NC(=O)Nc1c2c(cc3c1CCC3)CCC2. The van der Waals surface area contributed by atoms with Gasteiger partial charge in [-0.15, -0.1) is 0 Å². The number of sulfonamides is 1. The molecule has 1 aromatic rings. The second-order valence-corrected chi connectivity index (χ2v) is 13.2. The van der Waals surface area contributed by atoms with Crippen LogP contribution >= 0.6 is 0 Å². The Morgan fingerprint density at radius 2 is 1.73 bits per heavy atom. The molecule has 0 aromatic heterocycles. The highest BCUT2D eigenvalue weighted by atomic mass is 32.2. The van der Waals surface area contributed by atoms with E-state index in [0.717, 1.165) is 80.1 Å². The van der Waals surface area contributed by atoms with Gasteiger partial charge in [-0.2, -0.15) is 0 Å². The summed E-state index contributed by atoms with van der Waals surface area (Å²) in [6.07, 6.45) is 11.0. The molecule has 33 heavy (non-hydrogen) atoms. The Morgan fingerprint density at radius 3 is 2.36 bits per heavy atom. The molecule has 1 atom stereocenters. The molecule has 0 spiro atoms. The van der Waals surface area contributed by atoms with Crippen molar-refractivity contribution >= 4 is 31.6 Å². The number of urea groups is 1. The maximum atomic E-state index is 12.6. The van der Waals surface area contributed by atoms with Gasteiger partial charge in [0, 0.05) is 23.4 Å². The fourth-order valence-corrected chi connectivity index (χ4v) is 6.76. The predicted octanol–water partition coefficient (Wildman–Crippen LogP) is 2.53. The number of rotatable bonds is 8. The minimum absolute atomic E-state index is 0.0788. The summed E-state index contributed by atoms with van der Waals surface area (Å²) in [7, 11) is -6.96. The van der Waals surface area contributed by atoms with Gasteiger partial charge in [-0.1, -0.05) is 12.1 Å². The number of aryl methyl sites for hydroxylation is 2. The first kappa shape index (κ1) is 24.2. The van der Waals surface area contributed by atoms with E-state index in [2.05, 4.69) is 21.0 Å². The summed E-state index contributed by atoms with van der Waals surface area (Å²) in [5, 5.41) is 3.91. The van der Waals surface area contributed by atoms with Gasteiger partial charge in [-0.25, -0.2) is 26.4 Å². The van der Waals surface area contributed by atoms with E-state index in [-0.39, 0.29) is 11.8 Å². The van der Waals surface area contributed by atoms with Crippen molar-refractivity contribution in [1.29, 1.82) is 0 Å². The zero-order chi connectivity index (χ0) is 23.6. The number of sulfone groups is 1. The van der Waals surface area contributed by atoms with Gasteiger partial charge >= 0.3 is 6.03 Å². The van der Waals surface area contributed by atoms with E-state index in [1.807, 2.05) is 0 Å². The zero-order valence-corrected chi connectivity index (χ0v) is 20.7. The molecule has 0 bridgehead atoms. The Kier molecular flexibility index (Phi) is 7.16. The van der Waals surface area contributed by atoms with Gasteiger partial charge in [0.2, 0.25) is 0 Å². The van der Waals surface area contributed by atoms with Crippen LogP contribution in [0.15, 0.2) is 17.6 Å². The van der Waals surface area contributed by atoms with Crippen molar-refractivity contribution in [3.05, 3.63) is 39.8 Å². The van der Waals surface area contributed by atoms with Crippen molar-refractivity contribution < 1.29 is 21.6 Å². The number of anilines is 1. The summed E-state index contributed by atoms with van der Waals surface area (Å²) in [6, 6.07) is 1.45. The Hall–Kier alpha value is -1.91. The van der Waals surface area contributed by atoms with Gasteiger partial charge in [0.1, 0.15) is 9.84 Å². The fourth-order valence-electron chi connectivity index (χ4n) is 5.34. The zero-order valence-electron chi connectivity index (χ0n) is 19.1. The average molecular weight is 496 g/mol. The van der Waals surface area contributed by atoms with Gasteiger partial charge in [0.15, 0.2) is 0 Å². The van der Waals surface area contributed by atoms with E-state index in [1.54, 1.807) is 6.08 Å². The maximum absolute atomic E-state index is 12.6. The lowest BCUT2D eigenvalue weighted by Gasteiger charge is -2.21. The lowest BCUT2D eigenvalue weighted by molar-refractivity contribution is 0.256. The number of nitrogens with one attached hydrogen (secondary N) is 2. The molecular formula is C23H33N3O5S2. The first-order chi connectivity index (χ1) is 15.6. The first-order valence-electron chi connectivity index (χ1n) is 11.7. The molecular weight excluding hydrogens is 462 g/mol. The maximum Gasteiger partial charge on any atom is 0.333 e. The molecule has 1 fully saturated rings. The summed E-state index contributed by atoms with van der Waals surface area (Å²) in [6.45, 7) is 1.40. The van der Waals surface area contributed by atoms with Gasteiger partial charge in [-0.05, 0) is 93.1 Å². The quantitative estimate of drug-likeness (QED) is 0.573. The molecule has 8 nitrogen and oxygen atoms in total. The predicted molar refractivity (Wildman–Crippen MR) is 130 cm³/mol. The Labute approximate surface area is 196 Å². The molecule has 10 heteroatoms. The average Bonchev–Trinajstić information content (AvgIpc) is 3.45. The second kappa shape index (κ2) is 9.76. The van der Waals surface area contributed by atoms with Crippen LogP contribution in [-0.4, -0.2) is 58.9 Å². The third-order valence-electron chi connectivity index (χ3n) is 6.80. The fraction of sp³-hybridized carbons (Fsp3) is 0.609. The van der Waals surface area contributed by atoms with E-state index in [0.29, 0.717) is 13.0 Å². The lowest BCUT2D eigenvalue weighted by atomic mass is 9.99. The topological polar surface area (TPSA) is 113 Å². The number of carbonyl (C=O) groups excluding carboxylic acids is 1. The molecule has 1 heterocycles. The highest BCUT2D eigenvalue weighted by Crippen LogP contribution is 2.38. The molecule has 182 valence electrons. The molecule has 1 aliphatic heterocycles. The normalized spacial score (nSPS) is 20.8. The van der Waals surface area contributed by atoms with Crippen LogP contribution < -0.4 is 10.0 Å². The van der Waals surface area contributed by atoms with Crippen LogP contribution in [0.25, 0.3) is 0 Å². The highest BCUT2D eigenvalue weighted by molar-refractivity contribution is 7.93. The van der Waals surface area contributed by atoms with E-state index in [4.69, 9.17) is 0 Å². The first-order valence-corrected chi connectivity index (χ1v) is 15.3. The molecule has 4 rings (SSSR count). The lowest BCUT2D eigenvalue weighted by Crippen LogP contribution is -2.34. The Balaban J connectivity index is 1.37. The molecule has 3 aliphatic rings. The van der Waals surface area contributed by atoms with Crippen LogP contribution in [0.2, 0.25) is 0 Å². The Bertz CT molecular complexity index is 1130. The third-order valence-corrected chi connectivity index (χ3v) is 8.82. The number of benzene rings is 1. The molecule has 1 saturated heterocycles.